The van der Waals surface area contributed by atoms with Crippen molar-refractivity contribution in [1.29, 1.82) is 0 Å². The molecule has 18 heavy (non-hydrogen) atoms. The van der Waals surface area contributed by atoms with Crippen LogP contribution in [0, 0.1) is 6.92 Å². The van der Waals surface area contributed by atoms with Crippen molar-refractivity contribution in [3.8, 4) is 10.6 Å². The van der Waals surface area contributed by atoms with Gasteiger partial charge in [0.2, 0.25) is 5.13 Å². The molecule has 2 rings (SSSR count). The summed E-state index contributed by atoms with van der Waals surface area (Å²) in [5.41, 5.74) is 1.85. The third-order valence-electron chi connectivity index (χ3n) is 2.40. The minimum absolute atomic E-state index is 0.487. The average molecular weight is 283 g/mol. The Morgan fingerprint density at radius 2 is 2.17 bits per heavy atom. The van der Waals surface area contributed by atoms with Gasteiger partial charge in [-0.15, -0.1) is 10.2 Å². The predicted octanol–water partition coefficient (Wildman–Crippen LogP) is 3.77. The van der Waals surface area contributed by atoms with Crippen LogP contribution in [0.4, 0.5) is 5.13 Å². The van der Waals surface area contributed by atoms with E-state index in [2.05, 4.69) is 27.4 Å². The summed E-state index contributed by atoms with van der Waals surface area (Å²) >= 11 is 7.47. The van der Waals surface area contributed by atoms with Gasteiger partial charge in [0, 0.05) is 17.8 Å². The number of anilines is 1. The minimum atomic E-state index is 0.487. The smallest absolute Gasteiger partial charge is 0.206 e. The minimum Gasteiger partial charge on any atom is -0.360 e. The average Bonchev–Trinajstić information content (AvgIpc) is 2.77. The number of unbranched alkanes of at least 4 members (excludes halogenated alkanes) is 1. The van der Waals surface area contributed by atoms with Crippen molar-refractivity contribution < 1.29 is 0 Å². The summed E-state index contributed by atoms with van der Waals surface area (Å²) in [6, 6.07) is 3.77. The van der Waals surface area contributed by atoms with E-state index in [9.17, 15) is 0 Å². The molecule has 4 nitrogen and oxygen atoms in total. The number of nitrogens with one attached hydrogen (secondary N) is 1. The highest BCUT2D eigenvalue weighted by Gasteiger charge is 2.08. The van der Waals surface area contributed by atoms with E-state index in [1.165, 1.54) is 11.3 Å². The zero-order valence-corrected chi connectivity index (χ0v) is 12.0. The van der Waals surface area contributed by atoms with Crippen molar-refractivity contribution in [3.05, 3.63) is 23.0 Å². The summed E-state index contributed by atoms with van der Waals surface area (Å²) in [6.07, 6.45) is 2.30. The van der Waals surface area contributed by atoms with Crippen LogP contribution in [0.5, 0.6) is 0 Å². The lowest BCUT2D eigenvalue weighted by Crippen LogP contribution is -1.99. The molecule has 1 N–H and O–H groups in total. The first-order chi connectivity index (χ1) is 8.69. The van der Waals surface area contributed by atoms with Crippen LogP contribution >= 0.6 is 22.9 Å². The van der Waals surface area contributed by atoms with E-state index in [0.717, 1.165) is 40.8 Å². The van der Waals surface area contributed by atoms with Gasteiger partial charge in [-0.25, -0.2) is 4.98 Å². The molecule has 0 radical (unpaired) electrons. The van der Waals surface area contributed by atoms with E-state index >= 15 is 0 Å². The fourth-order valence-corrected chi connectivity index (χ4v) is 2.54. The second-order valence-corrected chi connectivity index (χ2v) is 5.38. The molecule has 2 aromatic rings. The van der Waals surface area contributed by atoms with Crippen LogP contribution in [0.2, 0.25) is 5.15 Å². The number of halogens is 1. The number of aromatic nitrogens is 3. The zero-order chi connectivity index (χ0) is 13.0. The van der Waals surface area contributed by atoms with E-state index in [1.54, 1.807) is 0 Å². The molecule has 96 valence electrons. The second-order valence-electron chi connectivity index (χ2n) is 4.01. The summed E-state index contributed by atoms with van der Waals surface area (Å²) in [4.78, 5) is 4.13. The van der Waals surface area contributed by atoms with Crippen LogP contribution in [0.1, 0.15) is 25.5 Å². The van der Waals surface area contributed by atoms with Crippen molar-refractivity contribution in [3.63, 3.8) is 0 Å². The molecular weight excluding hydrogens is 268 g/mol. The highest BCUT2D eigenvalue weighted by atomic mass is 35.5. The van der Waals surface area contributed by atoms with Crippen LogP contribution < -0.4 is 5.32 Å². The predicted molar refractivity (Wildman–Crippen MR) is 76.3 cm³/mol. The van der Waals surface area contributed by atoms with Gasteiger partial charge >= 0.3 is 0 Å². The Bertz CT molecular complexity index is 506. The third-order valence-corrected chi connectivity index (χ3v) is 3.52. The zero-order valence-electron chi connectivity index (χ0n) is 10.4. The van der Waals surface area contributed by atoms with Crippen LogP contribution in [0.25, 0.3) is 10.6 Å². The molecule has 0 fully saturated rings. The number of hydrogen-bond acceptors (Lipinski definition) is 5. The van der Waals surface area contributed by atoms with E-state index in [1.807, 2.05) is 19.1 Å². The number of rotatable bonds is 5. The molecule has 0 aliphatic carbocycles. The van der Waals surface area contributed by atoms with Crippen LogP contribution in [0.3, 0.4) is 0 Å². The lowest BCUT2D eigenvalue weighted by atomic mass is 10.2. The molecule has 0 aliphatic heterocycles. The molecule has 2 heterocycles. The summed E-state index contributed by atoms with van der Waals surface area (Å²) in [5, 5.41) is 13.7. The van der Waals surface area contributed by atoms with Gasteiger partial charge in [-0.05, 0) is 25.5 Å². The number of hydrogen-bond donors (Lipinski definition) is 1. The van der Waals surface area contributed by atoms with Crippen molar-refractivity contribution in [1.82, 2.24) is 15.2 Å². The highest BCUT2D eigenvalue weighted by Crippen LogP contribution is 2.28. The maximum absolute atomic E-state index is 5.94. The fraction of sp³-hybridized carbons (Fsp3) is 0.417. The molecule has 0 amide bonds. The molecule has 6 heteroatoms. The maximum atomic E-state index is 5.94. The summed E-state index contributed by atoms with van der Waals surface area (Å²) in [6.45, 7) is 5.01. The Labute approximate surface area is 115 Å². The molecule has 2 aromatic heterocycles. The van der Waals surface area contributed by atoms with Gasteiger partial charge < -0.3 is 5.32 Å². The Kier molecular flexibility index (Phi) is 4.49. The van der Waals surface area contributed by atoms with E-state index in [0.29, 0.717) is 5.15 Å². The van der Waals surface area contributed by atoms with Gasteiger partial charge in [0.1, 0.15) is 10.2 Å². The molecule has 0 spiro atoms. The van der Waals surface area contributed by atoms with Gasteiger partial charge in [-0.1, -0.05) is 36.3 Å². The van der Waals surface area contributed by atoms with E-state index < -0.39 is 0 Å². The summed E-state index contributed by atoms with van der Waals surface area (Å²) in [5.74, 6) is 0. The van der Waals surface area contributed by atoms with Gasteiger partial charge in [0.25, 0.3) is 0 Å². The molecule has 0 aromatic carbocycles. The Balaban J connectivity index is 2.13. The normalized spacial score (nSPS) is 10.6. The molecule has 0 atom stereocenters. The van der Waals surface area contributed by atoms with Crippen molar-refractivity contribution >= 4 is 28.1 Å². The molecule has 0 saturated carbocycles. The number of nitrogens with zero attached hydrogens (tertiary/aromatic N) is 3. The van der Waals surface area contributed by atoms with Crippen LogP contribution in [-0.4, -0.2) is 21.7 Å². The van der Waals surface area contributed by atoms with Crippen LogP contribution in [-0.2, 0) is 0 Å². The van der Waals surface area contributed by atoms with Gasteiger partial charge in [0.05, 0.1) is 0 Å². The standard InChI is InChI=1S/C12H15ClN4S/c1-3-4-5-14-12-17-16-11(18-12)9-6-8(2)15-10(13)7-9/h6-7H,3-5H2,1-2H3,(H,14,17). The van der Waals surface area contributed by atoms with Gasteiger partial charge in [0.15, 0.2) is 0 Å². The lowest BCUT2D eigenvalue weighted by molar-refractivity contribution is 0.831. The second kappa shape index (κ2) is 6.11. The van der Waals surface area contributed by atoms with Crippen molar-refractivity contribution in [2.24, 2.45) is 0 Å². The molecular formula is C12H15ClN4S. The van der Waals surface area contributed by atoms with Crippen LogP contribution in [0.15, 0.2) is 12.1 Å². The topological polar surface area (TPSA) is 50.7 Å². The Hall–Kier alpha value is -1.20. The number of pyridine rings is 1. The summed E-state index contributed by atoms with van der Waals surface area (Å²) in [7, 11) is 0. The maximum Gasteiger partial charge on any atom is 0.206 e. The van der Waals surface area contributed by atoms with Gasteiger partial charge in [-0.3, -0.25) is 0 Å². The number of aryl methyl sites for hydroxylation is 1. The molecule has 0 bridgehead atoms. The largest absolute Gasteiger partial charge is 0.360 e. The van der Waals surface area contributed by atoms with E-state index in [-0.39, 0.29) is 0 Å². The molecule has 0 aliphatic rings. The Morgan fingerprint density at radius 1 is 1.33 bits per heavy atom. The van der Waals surface area contributed by atoms with Crippen molar-refractivity contribution in [2.75, 3.05) is 11.9 Å². The monoisotopic (exact) mass is 282 g/mol. The lowest BCUT2D eigenvalue weighted by Gasteiger charge is -1.99. The van der Waals surface area contributed by atoms with Crippen molar-refractivity contribution in [2.45, 2.75) is 26.7 Å². The summed E-state index contributed by atoms with van der Waals surface area (Å²) < 4.78 is 0. The molecule has 0 unspecified atom stereocenters. The highest BCUT2D eigenvalue weighted by molar-refractivity contribution is 7.18. The quantitative estimate of drug-likeness (QED) is 0.670. The molecule has 0 saturated heterocycles. The fourth-order valence-electron chi connectivity index (χ4n) is 1.53. The van der Waals surface area contributed by atoms with E-state index in [4.69, 9.17) is 11.6 Å². The van der Waals surface area contributed by atoms with Gasteiger partial charge in [-0.2, -0.15) is 0 Å². The first-order valence-corrected chi connectivity index (χ1v) is 7.10. The SMILES string of the molecule is CCCCNc1nnc(-c2cc(C)nc(Cl)c2)s1. The first kappa shape index (κ1) is 13.2. The third kappa shape index (κ3) is 3.40. The first-order valence-electron chi connectivity index (χ1n) is 5.91. The Morgan fingerprint density at radius 3 is 2.89 bits per heavy atom.